The highest BCUT2D eigenvalue weighted by atomic mass is 19.4. The lowest BCUT2D eigenvalue weighted by molar-refractivity contribution is -0.137. The summed E-state index contributed by atoms with van der Waals surface area (Å²) in [6.07, 6.45) is -4.45. The molecule has 252 valence electrons. The number of anilines is 6. The van der Waals surface area contributed by atoms with Crippen molar-refractivity contribution in [3.05, 3.63) is 151 Å². The maximum atomic E-state index is 13.6. The quantitative estimate of drug-likeness (QED) is 0.175. The zero-order valence-corrected chi connectivity index (χ0v) is 28.1. The van der Waals surface area contributed by atoms with Gasteiger partial charge in [0.1, 0.15) is 0 Å². The number of aromatic nitrogens is 1. The first-order valence-electron chi connectivity index (χ1n) is 16.4. The first kappa shape index (κ1) is 32.0. The average Bonchev–Trinajstić information content (AvgIpc) is 3.16. The van der Waals surface area contributed by atoms with Gasteiger partial charge in [-0.25, -0.2) is 4.98 Å². The van der Waals surface area contributed by atoms with Crippen LogP contribution in [0.2, 0.25) is 0 Å². The molecule has 1 aliphatic heterocycles. The lowest BCUT2D eigenvalue weighted by Gasteiger charge is -2.40. The van der Waals surface area contributed by atoms with Crippen LogP contribution in [0.1, 0.15) is 11.1 Å². The molecular weight excluding hydrogens is 647 g/mol. The standard InChI is InChI=1S/C43H32F3N3O2/c1-27-17-23-38(49-36-15-9-7-13-34(36)48(31-11-5-4-6-12-31)35-14-8-10-16-37(35)49)42-41(27)32(29-20-24-39(50-2)40(25-29)51-3)26-33(47-42)28-18-21-30(22-19-28)43(44,45)46/h4-26H,1-3H3. The summed E-state index contributed by atoms with van der Waals surface area (Å²) in [6, 6.07) is 43.8. The van der Waals surface area contributed by atoms with Crippen LogP contribution in [-0.2, 0) is 6.18 Å². The molecule has 6 aromatic carbocycles. The van der Waals surface area contributed by atoms with Crippen molar-refractivity contribution in [3.63, 3.8) is 0 Å². The Balaban J connectivity index is 1.42. The Labute approximate surface area is 293 Å². The van der Waals surface area contributed by atoms with Crippen LogP contribution in [0, 0.1) is 6.92 Å². The highest BCUT2D eigenvalue weighted by Gasteiger charge is 2.32. The number of aryl methyl sites for hydroxylation is 1. The summed E-state index contributed by atoms with van der Waals surface area (Å²) in [5.41, 5.74) is 9.57. The van der Waals surface area contributed by atoms with Gasteiger partial charge in [-0.15, -0.1) is 0 Å². The van der Waals surface area contributed by atoms with Crippen molar-refractivity contribution in [1.82, 2.24) is 4.98 Å². The molecule has 0 unspecified atom stereocenters. The monoisotopic (exact) mass is 679 g/mol. The highest BCUT2D eigenvalue weighted by molar-refractivity contribution is 6.10. The van der Waals surface area contributed by atoms with Crippen molar-refractivity contribution >= 4 is 45.0 Å². The van der Waals surface area contributed by atoms with Crippen molar-refractivity contribution in [2.45, 2.75) is 13.1 Å². The summed E-state index contributed by atoms with van der Waals surface area (Å²) < 4.78 is 52.0. The van der Waals surface area contributed by atoms with E-state index in [9.17, 15) is 13.2 Å². The van der Waals surface area contributed by atoms with E-state index in [1.807, 2.05) is 73.7 Å². The van der Waals surface area contributed by atoms with Gasteiger partial charge in [-0.05, 0) is 96.4 Å². The Morgan fingerprint density at radius 3 is 1.71 bits per heavy atom. The van der Waals surface area contributed by atoms with Crippen LogP contribution in [0.5, 0.6) is 11.5 Å². The predicted molar refractivity (Wildman–Crippen MR) is 198 cm³/mol. The largest absolute Gasteiger partial charge is 0.493 e. The van der Waals surface area contributed by atoms with E-state index in [-0.39, 0.29) is 0 Å². The molecule has 8 rings (SSSR count). The van der Waals surface area contributed by atoms with E-state index < -0.39 is 11.7 Å². The van der Waals surface area contributed by atoms with E-state index in [2.05, 4.69) is 58.3 Å². The van der Waals surface area contributed by atoms with Crippen molar-refractivity contribution in [2.24, 2.45) is 0 Å². The predicted octanol–water partition coefficient (Wildman–Crippen LogP) is 12.2. The van der Waals surface area contributed by atoms with Gasteiger partial charge in [0.15, 0.2) is 11.5 Å². The molecule has 0 spiro atoms. The van der Waals surface area contributed by atoms with Gasteiger partial charge in [-0.3, -0.25) is 0 Å². The second kappa shape index (κ2) is 12.6. The summed E-state index contributed by atoms with van der Waals surface area (Å²) in [7, 11) is 3.18. The molecule has 2 heterocycles. The van der Waals surface area contributed by atoms with Crippen LogP contribution in [-0.4, -0.2) is 19.2 Å². The molecule has 51 heavy (non-hydrogen) atoms. The minimum atomic E-state index is -4.45. The Kier molecular flexibility index (Phi) is 7.87. The van der Waals surface area contributed by atoms with Gasteiger partial charge in [0, 0.05) is 16.6 Å². The minimum absolute atomic E-state index is 0.539. The van der Waals surface area contributed by atoms with E-state index in [1.165, 1.54) is 12.1 Å². The number of hydrogen-bond donors (Lipinski definition) is 0. The number of halogens is 3. The molecule has 0 radical (unpaired) electrons. The van der Waals surface area contributed by atoms with Gasteiger partial charge in [0.05, 0.1) is 59.4 Å². The Hall–Kier alpha value is -6.28. The first-order valence-corrected chi connectivity index (χ1v) is 16.4. The third-order valence-corrected chi connectivity index (χ3v) is 9.33. The Morgan fingerprint density at radius 2 is 1.12 bits per heavy atom. The van der Waals surface area contributed by atoms with E-state index >= 15 is 0 Å². The van der Waals surface area contributed by atoms with Crippen molar-refractivity contribution in [1.29, 1.82) is 0 Å². The normalized spacial score (nSPS) is 12.4. The number of fused-ring (bicyclic) bond motifs is 3. The van der Waals surface area contributed by atoms with E-state index in [0.717, 1.165) is 68.3 Å². The van der Waals surface area contributed by atoms with Gasteiger partial charge in [-0.1, -0.05) is 66.7 Å². The van der Waals surface area contributed by atoms with Crippen LogP contribution >= 0.6 is 0 Å². The molecule has 0 saturated carbocycles. The minimum Gasteiger partial charge on any atom is -0.493 e. The fourth-order valence-electron chi connectivity index (χ4n) is 6.94. The maximum absolute atomic E-state index is 13.6. The summed E-state index contributed by atoms with van der Waals surface area (Å²) >= 11 is 0. The number of pyridine rings is 1. The molecule has 0 N–H and O–H groups in total. The molecule has 1 aliphatic rings. The number of ether oxygens (including phenoxy) is 2. The van der Waals surface area contributed by atoms with Gasteiger partial charge < -0.3 is 19.3 Å². The summed E-state index contributed by atoms with van der Waals surface area (Å²) in [5, 5.41) is 0.913. The van der Waals surface area contributed by atoms with E-state index in [4.69, 9.17) is 14.5 Å². The molecule has 8 heteroatoms. The number of alkyl halides is 3. The van der Waals surface area contributed by atoms with E-state index in [0.29, 0.717) is 28.3 Å². The second-order valence-corrected chi connectivity index (χ2v) is 12.3. The molecule has 1 aromatic heterocycles. The third kappa shape index (κ3) is 5.49. The molecule has 0 saturated heterocycles. The van der Waals surface area contributed by atoms with Crippen molar-refractivity contribution < 1.29 is 22.6 Å². The summed E-state index contributed by atoms with van der Waals surface area (Å²) in [4.78, 5) is 9.75. The molecule has 0 amide bonds. The van der Waals surface area contributed by atoms with Crippen LogP contribution in [0.25, 0.3) is 33.3 Å². The third-order valence-electron chi connectivity index (χ3n) is 9.33. The Morgan fingerprint density at radius 1 is 0.549 bits per heavy atom. The molecule has 0 aliphatic carbocycles. The van der Waals surface area contributed by atoms with Gasteiger partial charge in [0.2, 0.25) is 0 Å². The zero-order valence-electron chi connectivity index (χ0n) is 28.1. The van der Waals surface area contributed by atoms with Crippen molar-refractivity contribution in [2.75, 3.05) is 24.0 Å². The summed E-state index contributed by atoms with van der Waals surface area (Å²) in [5.74, 6) is 1.15. The number of hydrogen-bond acceptors (Lipinski definition) is 5. The van der Waals surface area contributed by atoms with Gasteiger partial charge >= 0.3 is 6.18 Å². The molecule has 0 fully saturated rings. The van der Waals surface area contributed by atoms with E-state index in [1.54, 1.807) is 14.2 Å². The number of rotatable bonds is 6. The fourth-order valence-corrected chi connectivity index (χ4v) is 6.94. The number of para-hydroxylation sites is 5. The maximum Gasteiger partial charge on any atom is 0.416 e. The van der Waals surface area contributed by atoms with Crippen LogP contribution in [0.15, 0.2) is 140 Å². The SMILES string of the molecule is COc1ccc(-c2cc(-c3ccc(C(F)(F)F)cc3)nc3c(N4c5ccccc5N(c5ccccc5)c5ccccc54)ccc(C)c23)cc1OC. The average molecular weight is 680 g/mol. The van der Waals surface area contributed by atoms with Gasteiger partial charge in [0.25, 0.3) is 0 Å². The topological polar surface area (TPSA) is 37.8 Å². The van der Waals surface area contributed by atoms with Gasteiger partial charge in [-0.2, -0.15) is 13.2 Å². The Bertz CT molecular complexity index is 2360. The highest BCUT2D eigenvalue weighted by Crippen LogP contribution is 2.55. The fraction of sp³-hybridized carbons (Fsp3) is 0.0930. The second-order valence-electron chi connectivity index (χ2n) is 12.3. The molecule has 0 atom stereocenters. The van der Waals surface area contributed by atoms with Crippen LogP contribution < -0.4 is 19.3 Å². The number of benzene rings is 6. The summed E-state index contributed by atoms with van der Waals surface area (Å²) in [6.45, 7) is 2.05. The lowest BCUT2D eigenvalue weighted by Crippen LogP contribution is -2.24. The lowest BCUT2D eigenvalue weighted by atomic mass is 9.93. The number of nitrogens with zero attached hydrogens (tertiary/aromatic N) is 3. The molecule has 0 bridgehead atoms. The zero-order chi connectivity index (χ0) is 35.3. The molecule has 7 aromatic rings. The van der Waals surface area contributed by atoms with Crippen molar-refractivity contribution in [3.8, 4) is 33.9 Å². The molecular formula is C43H32F3N3O2. The smallest absolute Gasteiger partial charge is 0.416 e. The van der Waals surface area contributed by atoms with Crippen LogP contribution in [0.4, 0.5) is 47.3 Å². The van der Waals surface area contributed by atoms with Crippen LogP contribution in [0.3, 0.4) is 0 Å². The molecule has 5 nitrogen and oxygen atoms in total. The number of methoxy groups -OCH3 is 2. The first-order chi connectivity index (χ1) is 24.8.